The summed E-state index contributed by atoms with van der Waals surface area (Å²) in [5.74, 6) is 1.07. The maximum atomic E-state index is 6.18. The molecule has 0 N–H and O–H groups in total. The number of nitrogens with zero attached hydrogens (tertiary/aromatic N) is 3. The maximum Gasteiger partial charge on any atom is 0.120 e. The molecule has 1 atom stereocenters. The Morgan fingerprint density at radius 3 is 2.60 bits per heavy atom. The van der Waals surface area contributed by atoms with E-state index in [4.69, 9.17) is 4.74 Å². The van der Waals surface area contributed by atoms with E-state index in [0.29, 0.717) is 6.10 Å². The van der Waals surface area contributed by atoms with Gasteiger partial charge < -0.3 is 9.64 Å². The van der Waals surface area contributed by atoms with Crippen molar-refractivity contribution in [2.24, 2.45) is 0 Å². The van der Waals surface area contributed by atoms with E-state index in [0.717, 1.165) is 18.3 Å². The number of piperazine rings is 1. The van der Waals surface area contributed by atoms with Gasteiger partial charge in [0.2, 0.25) is 0 Å². The Hall–Kier alpha value is -1.10. The summed E-state index contributed by atoms with van der Waals surface area (Å²) in [6.07, 6.45) is 6.87. The highest BCUT2D eigenvalue weighted by Gasteiger charge is 2.29. The normalized spacial score (nSPS) is 27.2. The van der Waals surface area contributed by atoms with Gasteiger partial charge >= 0.3 is 0 Å². The maximum absolute atomic E-state index is 6.18. The molecule has 4 rings (SSSR count). The monoisotopic (exact) mass is 343 g/mol. The smallest absolute Gasteiger partial charge is 0.120 e. The van der Waals surface area contributed by atoms with Crippen LogP contribution in [-0.4, -0.2) is 73.2 Å². The van der Waals surface area contributed by atoms with Crippen LogP contribution >= 0.6 is 0 Å². The van der Waals surface area contributed by atoms with Gasteiger partial charge in [0.1, 0.15) is 5.75 Å². The topological polar surface area (TPSA) is 19.0 Å². The third kappa shape index (κ3) is 4.55. The lowest BCUT2D eigenvalue weighted by molar-refractivity contribution is 0.112. The molecule has 1 saturated carbocycles. The van der Waals surface area contributed by atoms with Gasteiger partial charge in [-0.15, -0.1) is 0 Å². The van der Waals surface area contributed by atoms with E-state index in [2.05, 4.69) is 46.0 Å². The fourth-order valence-electron chi connectivity index (χ4n) is 4.61. The largest absolute Gasteiger partial charge is 0.490 e. The highest BCUT2D eigenvalue weighted by molar-refractivity contribution is 5.29. The Bertz CT molecular complexity index is 550. The molecular weight excluding hydrogens is 310 g/mol. The van der Waals surface area contributed by atoms with Crippen LogP contribution in [0, 0.1) is 0 Å². The number of rotatable bonds is 5. The van der Waals surface area contributed by atoms with Crippen LogP contribution in [0.2, 0.25) is 0 Å². The van der Waals surface area contributed by atoms with E-state index >= 15 is 0 Å². The molecule has 0 amide bonds. The Balaban J connectivity index is 1.29. The average molecular weight is 344 g/mol. The SMILES string of the molecule is CN1CCN(C2CCN(Cc3cccc(OC4CCCC4)c3)C2)CC1. The third-order valence-corrected chi connectivity index (χ3v) is 6.21. The van der Waals surface area contributed by atoms with Crippen LogP contribution in [0.4, 0.5) is 0 Å². The summed E-state index contributed by atoms with van der Waals surface area (Å²) in [6.45, 7) is 8.42. The molecule has 3 aliphatic rings. The first-order valence-corrected chi connectivity index (χ1v) is 10.2. The molecule has 25 heavy (non-hydrogen) atoms. The van der Waals surface area contributed by atoms with Crippen molar-refractivity contribution in [2.45, 2.75) is 50.8 Å². The van der Waals surface area contributed by atoms with Gasteiger partial charge in [-0.3, -0.25) is 9.80 Å². The minimum absolute atomic E-state index is 0.448. The van der Waals surface area contributed by atoms with Gasteiger partial charge in [0.15, 0.2) is 0 Å². The second-order valence-electron chi connectivity index (χ2n) is 8.19. The van der Waals surface area contributed by atoms with E-state index in [-0.39, 0.29) is 0 Å². The molecule has 1 aromatic carbocycles. The molecule has 0 spiro atoms. The molecule has 138 valence electrons. The van der Waals surface area contributed by atoms with Crippen LogP contribution in [0.15, 0.2) is 24.3 Å². The van der Waals surface area contributed by atoms with Crippen LogP contribution in [0.25, 0.3) is 0 Å². The van der Waals surface area contributed by atoms with E-state index in [1.54, 1.807) is 0 Å². The van der Waals surface area contributed by atoms with E-state index in [1.165, 1.54) is 76.9 Å². The molecule has 0 aromatic heterocycles. The second-order valence-corrected chi connectivity index (χ2v) is 8.19. The van der Waals surface area contributed by atoms with Crippen molar-refractivity contribution < 1.29 is 4.74 Å². The van der Waals surface area contributed by atoms with Crippen molar-refractivity contribution in [2.75, 3.05) is 46.3 Å². The molecule has 4 heteroatoms. The molecule has 1 unspecified atom stereocenters. The van der Waals surface area contributed by atoms with E-state index in [9.17, 15) is 0 Å². The number of hydrogen-bond acceptors (Lipinski definition) is 4. The zero-order chi connectivity index (χ0) is 17.1. The van der Waals surface area contributed by atoms with Gasteiger partial charge in [-0.05, 0) is 56.8 Å². The van der Waals surface area contributed by atoms with Crippen molar-refractivity contribution >= 4 is 0 Å². The summed E-state index contributed by atoms with van der Waals surface area (Å²) in [6, 6.07) is 9.56. The zero-order valence-electron chi connectivity index (χ0n) is 15.7. The lowest BCUT2D eigenvalue weighted by Gasteiger charge is -2.36. The molecule has 1 aliphatic carbocycles. The van der Waals surface area contributed by atoms with Crippen molar-refractivity contribution in [1.29, 1.82) is 0 Å². The van der Waals surface area contributed by atoms with Crippen LogP contribution < -0.4 is 4.74 Å². The van der Waals surface area contributed by atoms with Gasteiger partial charge in [0, 0.05) is 51.9 Å². The predicted molar refractivity (Wildman–Crippen MR) is 102 cm³/mol. The lowest BCUT2D eigenvalue weighted by atomic mass is 10.2. The summed E-state index contributed by atoms with van der Waals surface area (Å²) in [5, 5.41) is 0. The number of benzene rings is 1. The quantitative estimate of drug-likeness (QED) is 0.818. The Labute approximate surface area is 152 Å². The number of hydrogen-bond donors (Lipinski definition) is 0. The summed E-state index contributed by atoms with van der Waals surface area (Å²) < 4.78 is 6.18. The van der Waals surface area contributed by atoms with Gasteiger partial charge in [-0.1, -0.05) is 12.1 Å². The molecule has 0 bridgehead atoms. The zero-order valence-corrected chi connectivity index (χ0v) is 15.7. The van der Waals surface area contributed by atoms with Gasteiger partial charge in [-0.2, -0.15) is 0 Å². The molecule has 1 aromatic rings. The minimum Gasteiger partial charge on any atom is -0.490 e. The van der Waals surface area contributed by atoms with Crippen LogP contribution in [0.1, 0.15) is 37.7 Å². The molecule has 2 saturated heterocycles. The Morgan fingerprint density at radius 1 is 1.00 bits per heavy atom. The first-order chi connectivity index (χ1) is 12.3. The fraction of sp³-hybridized carbons (Fsp3) is 0.714. The third-order valence-electron chi connectivity index (χ3n) is 6.21. The molecule has 3 fully saturated rings. The predicted octanol–water partition coefficient (Wildman–Crippen LogP) is 2.83. The van der Waals surface area contributed by atoms with Gasteiger partial charge in [0.05, 0.1) is 6.10 Å². The summed E-state index contributed by atoms with van der Waals surface area (Å²) >= 11 is 0. The summed E-state index contributed by atoms with van der Waals surface area (Å²) in [7, 11) is 2.24. The average Bonchev–Trinajstić information content (AvgIpc) is 3.28. The fourth-order valence-corrected chi connectivity index (χ4v) is 4.61. The van der Waals surface area contributed by atoms with Crippen molar-refractivity contribution in [3.05, 3.63) is 29.8 Å². The highest BCUT2D eigenvalue weighted by atomic mass is 16.5. The van der Waals surface area contributed by atoms with Crippen LogP contribution in [0.3, 0.4) is 0 Å². The van der Waals surface area contributed by atoms with E-state index in [1.807, 2.05) is 0 Å². The molecule has 0 radical (unpaired) electrons. The number of likely N-dealkylation sites (tertiary alicyclic amines) is 1. The molecule has 2 heterocycles. The number of ether oxygens (including phenoxy) is 1. The van der Waals surface area contributed by atoms with Crippen molar-refractivity contribution in [3.8, 4) is 5.75 Å². The van der Waals surface area contributed by atoms with Crippen LogP contribution in [0.5, 0.6) is 5.75 Å². The highest BCUT2D eigenvalue weighted by Crippen LogP contribution is 2.26. The van der Waals surface area contributed by atoms with Crippen molar-refractivity contribution in [1.82, 2.24) is 14.7 Å². The molecule has 2 aliphatic heterocycles. The van der Waals surface area contributed by atoms with Gasteiger partial charge in [-0.25, -0.2) is 0 Å². The summed E-state index contributed by atoms with van der Waals surface area (Å²) in [4.78, 5) is 7.77. The van der Waals surface area contributed by atoms with Crippen molar-refractivity contribution in [3.63, 3.8) is 0 Å². The van der Waals surface area contributed by atoms with Gasteiger partial charge in [0.25, 0.3) is 0 Å². The Kier molecular flexibility index (Phi) is 5.59. The minimum atomic E-state index is 0.448. The lowest BCUT2D eigenvalue weighted by Crippen LogP contribution is -2.49. The first-order valence-electron chi connectivity index (χ1n) is 10.2. The Morgan fingerprint density at radius 2 is 1.80 bits per heavy atom. The first kappa shape index (κ1) is 17.3. The second kappa shape index (κ2) is 8.07. The standard InChI is InChI=1S/C21H33N3O/c1-22-11-13-24(14-12-22)19-9-10-23(17-19)16-18-5-4-8-21(15-18)25-20-6-2-3-7-20/h4-5,8,15,19-20H,2-3,6-7,9-14,16-17H2,1H3. The number of likely N-dealkylation sites (N-methyl/N-ethyl adjacent to an activating group) is 1. The molecular formula is C21H33N3O. The van der Waals surface area contributed by atoms with E-state index < -0.39 is 0 Å². The van der Waals surface area contributed by atoms with Crippen LogP contribution in [-0.2, 0) is 6.54 Å². The molecule has 4 nitrogen and oxygen atoms in total. The summed E-state index contributed by atoms with van der Waals surface area (Å²) in [5.41, 5.74) is 1.40.